The first-order chi connectivity index (χ1) is 9.52. The van der Waals surface area contributed by atoms with E-state index in [2.05, 4.69) is 26.7 Å². The Kier molecular flexibility index (Phi) is 3.95. The molecule has 0 atom stereocenters. The predicted molar refractivity (Wildman–Crippen MR) is 84.0 cm³/mol. The van der Waals surface area contributed by atoms with Crippen LogP contribution in [0.1, 0.15) is 50.5 Å². The van der Waals surface area contributed by atoms with Crippen molar-refractivity contribution in [2.75, 3.05) is 0 Å². The second-order valence-electron chi connectivity index (χ2n) is 6.00. The van der Waals surface area contributed by atoms with Crippen LogP contribution >= 0.6 is 15.9 Å². The molecule has 0 saturated heterocycles. The Hall–Kier alpha value is -0.390. The van der Waals surface area contributed by atoms with Gasteiger partial charge in [-0.25, -0.2) is 13.1 Å². The van der Waals surface area contributed by atoms with Crippen molar-refractivity contribution >= 4 is 26.0 Å². The van der Waals surface area contributed by atoms with Crippen molar-refractivity contribution in [1.29, 1.82) is 0 Å². The molecule has 2 aliphatic rings. The van der Waals surface area contributed by atoms with Gasteiger partial charge in [0.25, 0.3) is 0 Å². The molecule has 0 aliphatic heterocycles. The third-order valence-corrected chi connectivity index (χ3v) is 6.90. The van der Waals surface area contributed by atoms with Crippen LogP contribution in [0, 0.1) is 0 Å². The highest BCUT2D eigenvalue weighted by molar-refractivity contribution is 9.10. The molecule has 5 heteroatoms. The molecule has 3 nitrogen and oxygen atoms in total. The van der Waals surface area contributed by atoms with E-state index >= 15 is 0 Å². The first kappa shape index (κ1) is 14.5. The van der Waals surface area contributed by atoms with Gasteiger partial charge in [0.1, 0.15) is 0 Å². The number of rotatable bonds is 4. The molecule has 0 spiro atoms. The summed E-state index contributed by atoms with van der Waals surface area (Å²) in [6.45, 7) is 0. The number of halogens is 1. The normalized spacial score (nSPS) is 22.6. The van der Waals surface area contributed by atoms with Gasteiger partial charge in [-0.2, -0.15) is 0 Å². The van der Waals surface area contributed by atoms with Gasteiger partial charge in [-0.1, -0.05) is 47.3 Å². The molecule has 0 radical (unpaired) electrons. The maximum absolute atomic E-state index is 12.4. The lowest BCUT2D eigenvalue weighted by molar-refractivity contribution is 0.273. The van der Waals surface area contributed by atoms with Gasteiger partial charge in [0.05, 0.1) is 10.8 Å². The van der Waals surface area contributed by atoms with Crippen molar-refractivity contribution in [3.63, 3.8) is 0 Å². The lowest BCUT2D eigenvalue weighted by atomic mass is 9.77. The third kappa shape index (κ3) is 2.95. The Labute approximate surface area is 129 Å². The molecule has 0 aromatic heterocycles. The molecule has 2 fully saturated rings. The first-order valence-corrected chi connectivity index (χ1v) is 9.65. The molecule has 20 heavy (non-hydrogen) atoms. The highest BCUT2D eigenvalue weighted by atomic mass is 79.9. The second kappa shape index (κ2) is 5.43. The summed E-state index contributed by atoms with van der Waals surface area (Å²) in [5.41, 5.74) is 0.694. The van der Waals surface area contributed by atoms with E-state index in [-0.39, 0.29) is 5.25 Å². The lowest BCUT2D eigenvalue weighted by Gasteiger charge is -2.38. The van der Waals surface area contributed by atoms with Gasteiger partial charge in [-0.3, -0.25) is 0 Å². The molecule has 2 aliphatic carbocycles. The molecule has 3 rings (SSSR count). The molecule has 2 saturated carbocycles. The van der Waals surface area contributed by atoms with Gasteiger partial charge in [0.2, 0.25) is 10.0 Å². The monoisotopic (exact) mass is 357 g/mol. The highest BCUT2D eigenvalue weighted by Gasteiger charge is 2.43. The topological polar surface area (TPSA) is 46.2 Å². The molecule has 0 amide bonds. The number of benzene rings is 1. The minimum absolute atomic E-state index is 0.159. The van der Waals surface area contributed by atoms with Gasteiger partial charge in [-0.05, 0) is 43.4 Å². The van der Waals surface area contributed by atoms with Crippen LogP contribution in [0.25, 0.3) is 0 Å². The van der Waals surface area contributed by atoms with Crippen LogP contribution in [-0.4, -0.2) is 13.7 Å². The minimum Gasteiger partial charge on any atom is -0.212 e. The summed E-state index contributed by atoms with van der Waals surface area (Å²) in [5.74, 6) is 0. The molecule has 1 N–H and O–H groups in total. The summed E-state index contributed by atoms with van der Waals surface area (Å²) in [4.78, 5) is 0. The van der Waals surface area contributed by atoms with E-state index in [1.807, 2.05) is 18.2 Å². The zero-order valence-corrected chi connectivity index (χ0v) is 13.8. The Morgan fingerprint density at radius 2 is 1.85 bits per heavy atom. The van der Waals surface area contributed by atoms with E-state index in [1.54, 1.807) is 0 Å². The van der Waals surface area contributed by atoms with Gasteiger partial charge >= 0.3 is 0 Å². The molecule has 0 bridgehead atoms. The van der Waals surface area contributed by atoms with Crippen molar-refractivity contribution in [2.45, 2.75) is 55.7 Å². The quantitative estimate of drug-likeness (QED) is 0.892. The number of nitrogens with one attached hydrogen (secondary N) is 1. The Morgan fingerprint density at radius 3 is 2.45 bits per heavy atom. The van der Waals surface area contributed by atoms with Crippen molar-refractivity contribution in [1.82, 2.24) is 4.72 Å². The van der Waals surface area contributed by atoms with Crippen LogP contribution in [0.5, 0.6) is 0 Å². The molecular weight excluding hydrogens is 338 g/mol. The summed E-state index contributed by atoms with van der Waals surface area (Å²) in [7, 11) is -3.17. The average Bonchev–Trinajstić information content (AvgIpc) is 3.24. The van der Waals surface area contributed by atoms with Gasteiger partial charge in [-0.15, -0.1) is 0 Å². The van der Waals surface area contributed by atoms with Crippen LogP contribution in [0.2, 0.25) is 0 Å². The molecule has 1 aromatic rings. The lowest BCUT2D eigenvalue weighted by Crippen LogP contribution is -2.48. The van der Waals surface area contributed by atoms with Crippen LogP contribution in [0.4, 0.5) is 0 Å². The van der Waals surface area contributed by atoms with Crippen molar-refractivity contribution in [3.05, 3.63) is 34.3 Å². The summed E-state index contributed by atoms with van der Waals surface area (Å²) < 4.78 is 28.9. The standard InChI is InChI=1S/C15H20BrNO2S/c16-13-6-4-5-12(11-13)15(9-2-1-3-10-15)17-20(18,19)14-7-8-14/h4-6,11,14,17H,1-3,7-10H2. The van der Waals surface area contributed by atoms with Gasteiger partial charge in [0.15, 0.2) is 0 Å². The van der Waals surface area contributed by atoms with Crippen LogP contribution < -0.4 is 4.72 Å². The van der Waals surface area contributed by atoms with E-state index < -0.39 is 15.6 Å². The van der Waals surface area contributed by atoms with Gasteiger partial charge in [0, 0.05) is 4.47 Å². The highest BCUT2D eigenvalue weighted by Crippen LogP contribution is 2.40. The fourth-order valence-corrected chi connectivity index (χ4v) is 5.31. The van der Waals surface area contributed by atoms with E-state index in [1.165, 1.54) is 6.42 Å². The van der Waals surface area contributed by atoms with Gasteiger partial charge < -0.3 is 0 Å². The van der Waals surface area contributed by atoms with Crippen LogP contribution in [0.15, 0.2) is 28.7 Å². The Morgan fingerprint density at radius 1 is 1.15 bits per heavy atom. The van der Waals surface area contributed by atoms with Crippen LogP contribution in [-0.2, 0) is 15.6 Å². The van der Waals surface area contributed by atoms with E-state index in [9.17, 15) is 8.42 Å². The van der Waals surface area contributed by atoms with E-state index in [0.717, 1.165) is 48.6 Å². The minimum atomic E-state index is -3.17. The zero-order valence-electron chi connectivity index (χ0n) is 11.4. The molecular formula is C15H20BrNO2S. The summed E-state index contributed by atoms with van der Waals surface area (Å²) in [6.07, 6.45) is 6.78. The summed E-state index contributed by atoms with van der Waals surface area (Å²) in [5, 5.41) is -0.159. The molecule has 110 valence electrons. The van der Waals surface area contributed by atoms with Crippen molar-refractivity contribution in [3.8, 4) is 0 Å². The second-order valence-corrected chi connectivity index (χ2v) is 8.88. The first-order valence-electron chi connectivity index (χ1n) is 7.31. The molecule has 0 heterocycles. The molecule has 1 aromatic carbocycles. The number of hydrogen-bond donors (Lipinski definition) is 1. The largest absolute Gasteiger partial charge is 0.215 e. The Bertz CT molecular complexity index is 590. The predicted octanol–water partition coefficient (Wildman–Crippen LogP) is 3.69. The summed E-state index contributed by atoms with van der Waals surface area (Å²) in [6, 6.07) is 8.07. The Balaban J connectivity index is 1.95. The average molecular weight is 358 g/mol. The SMILES string of the molecule is O=S(=O)(NC1(c2cccc(Br)c2)CCCCC1)C1CC1. The number of sulfonamides is 1. The maximum atomic E-state index is 12.4. The maximum Gasteiger partial charge on any atom is 0.215 e. The fourth-order valence-electron chi connectivity index (χ4n) is 3.13. The number of hydrogen-bond acceptors (Lipinski definition) is 2. The van der Waals surface area contributed by atoms with E-state index in [0.29, 0.717) is 0 Å². The van der Waals surface area contributed by atoms with Crippen molar-refractivity contribution < 1.29 is 8.42 Å². The third-order valence-electron chi connectivity index (χ3n) is 4.39. The van der Waals surface area contributed by atoms with Crippen molar-refractivity contribution in [2.24, 2.45) is 0 Å². The molecule has 0 unspecified atom stereocenters. The van der Waals surface area contributed by atoms with Crippen LogP contribution in [0.3, 0.4) is 0 Å². The zero-order chi connectivity index (χ0) is 14.2. The van der Waals surface area contributed by atoms with E-state index in [4.69, 9.17) is 0 Å². The fraction of sp³-hybridized carbons (Fsp3) is 0.600. The smallest absolute Gasteiger partial charge is 0.212 e. The summed E-state index contributed by atoms with van der Waals surface area (Å²) >= 11 is 3.50.